The number of ether oxygens (including phenoxy) is 2. The number of aromatic nitrogens is 2. The van der Waals surface area contributed by atoms with Crippen molar-refractivity contribution in [1.29, 1.82) is 0 Å². The number of likely N-dealkylation sites (tertiary alicyclic amines) is 1. The number of methoxy groups -OCH3 is 1. The van der Waals surface area contributed by atoms with E-state index in [4.69, 9.17) is 9.47 Å². The van der Waals surface area contributed by atoms with E-state index < -0.39 is 5.60 Å². The predicted octanol–water partition coefficient (Wildman–Crippen LogP) is 1.44. The van der Waals surface area contributed by atoms with E-state index in [-0.39, 0.29) is 18.2 Å². The maximum atomic E-state index is 12.2. The third-order valence-electron chi connectivity index (χ3n) is 3.69. The lowest BCUT2D eigenvalue weighted by atomic mass is 10.2. The highest BCUT2D eigenvalue weighted by molar-refractivity contribution is 5.68. The van der Waals surface area contributed by atoms with Crippen molar-refractivity contribution in [1.82, 2.24) is 20.2 Å². The molecule has 1 aliphatic rings. The lowest BCUT2D eigenvalue weighted by molar-refractivity contribution is 0.0252. The van der Waals surface area contributed by atoms with Gasteiger partial charge in [-0.05, 0) is 27.7 Å². The summed E-state index contributed by atoms with van der Waals surface area (Å²) >= 11 is 0. The molecule has 22 heavy (non-hydrogen) atoms. The summed E-state index contributed by atoms with van der Waals surface area (Å²) in [6, 6.07) is 0.0635. The Morgan fingerprint density at radius 3 is 2.77 bits per heavy atom. The van der Waals surface area contributed by atoms with Gasteiger partial charge in [-0.3, -0.25) is 0 Å². The first-order chi connectivity index (χ1) is 10.3. The van der Waals surface area contributed by atoms with Gasteiger partial charge in [-0.25, -0.2) is 9.78 Å². The fourth-order valence-electron chi connectivity index (χ4n) is 2.48. The second kappa shape index (κ2) is 6.66. The third-order valence-corrected chi connectivity index (χ3v) is 3.69. The molecule has 2 rings (SSSR count). The van der Waals surface area contributed by atoms with Crippen LogP contribution in [0.1, 0.15) is 32.2 Å². The summed E-state index contributed by atoms with van der Waals surface area (Å²) in [6.07, 6.45) is 1.34. The smallest absolute Gasteiger partial charge is 0.410 e. The molecule has 0 bridgehead atoms. The summed E-state index contributed by atoms with van der Waals surface area (Å²) in [5, 5.41) is 3.42. The zero-order valence-electron chi connectivity index (χ0n) is 14.0. The number of carbonyl (C=O) groups excluding carboxylic acids is 1. The van der Waals surface area contributed by atoms with E-state index in [0.29, 0.717) is 19.6 Å². The molecule has 1 saturated heterocycles. The van der Waals surface area contributed by atoms with Crippen LogP contribution in [0.4, 0.5) is 4.79 Å². The van der Waals surface area contributed by atoms with Crippen molar-refractivity contribution in [3.63, 3.8) is 0 Å². The monoisotopic (exact) mass is 310 g/mol. The first-order valence-corrected chi connectivity index (χ1v) is 7.53. The standard InChI is InChI=1S/C15H26N4O3/c1-10-11(18-9-17-10)6-16-12-7-19(8-13(12)21-5)14(20)22-15(2,3)4/h9,12-13,16H,6-8H2,1-5H3,(H,17,18)/t12?,13-/m0/s1. The fraction of sp³-hybridized carbons (Fsp3) is 0.733. The SMILES string of the molecule is CO[C@H]1CN(C(=O)OC(C)(C)C)CC1NCc1nc[nH]c1C. The Morgan fingerprint density at radius 1 is 1.50 bits per heavy atom. The van der Waals surface area contributed by atoms with Crippen LogP contribution in [0, 0.1) is 6.92 Å². The number of aryl methyl sites for hydroxylation is 1. The number of aromatic amines is 1. The molecule has 7 nitrogen and oxygen atoms in total. The van der Waals surface area contributed by atoms with Gasteiger partial charge in [0.15, 0.2) is 0 Å². The van der Waals surface area contributed by atoms with Gasteiger partial charge in [0.05, 0.1) is 30.7 Å². The molecule has 0 saturated carbocycles. The van der Waals surface area contributed by atoms with E-state index in [9.17, 15) is 4.79 Å². The van der Waals surface area contributed by atoms with Crippen molar-refractivity contribution in [2.24, 2.45) is 0 Å². The number of hydrogen-bond donors (Lipinski definition) is 2. The third kappa shape index (κ3) is 4.20. The van der Waals surface area contributed by atoms with Gasteiger partial charge in [0.25, 0.3) is 0 Å². The largest absolute Gasteiger partial charge is 0.444 e. The second-order valence-corrected chi connectivity index (χ2v) is 6.62. The number of carbonyl (C=O) groups is 1. The molecule has 2 atom stereocenters. The molecule has 1 aromatic heterocycles. The van der Waals surface area contributed by atoms with Crippen LogP contribution < -0.4 is 5.32 Å². The topological polar surface area (TPSA) is 79.5 Å². The van der Waals surface area contributed by atoms with Gasteiger partial charge in [-0.15, -0.1) is 0 Å². The van der Waals surface area contributed by atoms with Crippen LogP contribution in [0.5, 0.6) is 0 Å². The van der Waals surface area contributed by atoms with Crippen molar-refractivity contribution < 1.29 is 14.3 Å². The van der Waals surface area contributed by atoms with Gasteiger partial charge >= 0.3 is 6.09 Å². The van der Waals surface area contributed by atoms with Crippen LogP contribution in [0.15, 0.2) is 6.33 Å². The molecule has 1 unspecified atom stereocenters. The molecule has 0 aromatic carbocycles. The van der Waals surface area contributed by atoms with Gasteiger partial charge in [0.1, 0.15) is 5.60 Å². The summed E-state index contributed by atoms with van der Waals surface area (Å²) in [4.78, 5) is 21.2. The van der Waals surface area contributed by atoms with Crippen LogP contribution >= 0.6 is 0 Å². The Morgan fingerprint density at radius 2 is 2.23 bits per heavy atom. The molecule has 1 amide bonds. The predicted molar refractivity (Wildman–Crippen MR) is 82.6 cm³/mol. The summed E-state index contributed by atoms with van der Waals surface area (Å²) in [7, 11) is 1.66. The van der Waals surface area contributed by atoms with Crippen LogP contribution in [0.3, 0.4) is 0 Å². The number of amides is 1. The summed E-state index contributed by atoms with van der Waals surface area (Å²) in [6.45, 7) is 9.32. The summed E-state index contributed by atoms with van der Waals surface area (Å²) in [5.41, 5.74) is 1.53. The first kappa shape index (κ1) is 16.8. The minimum Gasteiger partial charge on any atom is -0.444 e. The van der Waals surface area contributed by atoms with E-state index in [2.05, 4.69) is 15.3 Å². The zero-order chi connectivity index (χ0) is 16.3. The van der Waals surface area contributed by atoms with Crippen molar-refractivity contribution in [2.45, 2.75) is 52.0 Å². The van der Waals surface area contributed by atoms with E-state index in [0.717, 1.165) is 11.4 Å². The van der Waals surface area contributed by atoms with E-state index in [1.54, 1.807) is 18.3 Å². The Kier molecular flexibility index (Phi) is 5.08. The minimum atomic E-state index is -0.489. The van der Waals surface area contributed by atoms with Gasteiger partial charge < -0.3 is 24.7 Å². The van der Waals surface area contributed by atoms with E-state index in [1.165, 1.54) is 0 Å². The van der Waals surface area contributed by atoms with Crippen molar-refractivity contribution in [3.05, 3.63) is 17.7 Å². The molecule has 0 radical (unpaired) electrons. The van der Waals surface area contributed by atoms with Crippen molar-refractivity contribution in [3.8, 4) is 0 Å². The molecule has 1 aromatic rings. The second-order valence-electron chi connectivity index (χ2n) is 6.62. The molecule has 7 heteroatoms. The van der Waals surface area contributed by atoms with Gasteiger partial charge in [-0.1, -0.05) is 0 Å². The van der Waals surface area contributed by atoms with Crippen molar-refractivity contribution >= 4 is 6.09 Å². The number of nitrogens with one attached hydrogen (secondary N) is 2. The molecule has 1 aliphatic heterocycles. The van der Waals surface area contributed by atoms with E-state index >= 15 is 0 Å². The molecular weight excluding hydrogens is 284 g/mol. The van der Waals surface area contributed by atoms with Crippen LogP contribution in [-0.2, 0) is 16.0 Å². The molecule has 0 aliphatic carbocycles. The van der Waals surface area contributed by atoms with Gasteiger partial charge in [0, 0.05) is 25.9 Å². The molecule has 2 N–H and O–H groups in total. The Labute approximate surface area is 131 Å². The number of imidazole rings is 1. The van der Waals surface area contributed by atoms with Crippen LogP contribution in [-0.4, -0.2) is 58.9 Å². The average molecular weight is 310 g/mol. The molecule has 2 heterocycles. The number of nitrogens with zero attached hydrogens (tertiary/aromatic N) is 2. The Bertz CT molecular complexity index is 509. The quantitative estimate of drug-likeness (QED) is 0.880. The molecule has 124 valence electrons. The molecule has 0 spiro atoms. The van der Waals surface area contributed by atoms with Crippen LogP contribution in [0.25, 0.3) is 0 Å². The van der Waals surface area contributed by atoms with Crippen LogP contribution in [0.2, 0.25) is 0 Å². The van der Waals surface area contributed by atoms with Crippen molar-refractivity contribution in [2.75, 3.05) is 20.2 Å². The molecule has 1 fully saturated rings. The summed E-state index contributed by atoms with van der Waals surface area (Å²) < 4.78 is 10.9. The highest BCUT2D eigenvalue weighted by atomic mass is 16.6. The van der Waals surface area contributed by atoms with Gasteiger partial charge in [0.2, 0.25) is 0 Å². The number of H-pyrrole nitrogens is 1. The van der Waals surface area contributed by atoms with Gasteiger partial charge in [-0.2, -0.15) is 0 Å². The highest BCUT2D eigenvalue weighted by Gasteiger charge is 2.37. The Balaban J connectivity index is 1.92. The zero-order valence-corrected chi connectivity index (χ0v) is 14.0. The number of rotatable bonds is 4. The Hall–Kier alpha value is -1.60. The maximum absolute atomic E-state index is 12.2. The summed E-state index contributed by atoms with van der Waals surface area (Å²) in [5.74, 6) is 0. The highest BCUT2D eigenvalue weighted by Crippen LogP contribution is 2.18. The minimum absolute atomic E-state index is 0.0493. The molecular formula is C15H26N4O3. The fourth-order valence-corrected chi connectivity index (χ4v) is 2.48. The maximum Gasteiger partial charge on any atom is 0.410 e. The first-order valence-electron chi connectivity index (χ1n) is 7.53. The lowest BCUT2D eigenvalue weighted by Crippen LogP contribution is -2.40. The lowest BCUT2D eigenvalue weighted by Gasteiger charge is -2.24. The average Bonchev–Trinajstić information content (AvgIpc) is 3.00. The van der Waals surface area contributed by atoms with E-state index in [1.807, 2.05) is 27.7 Å². The number of hydrogen-bond acceptors (Lipinski definition) is 5. The normalized spacial score (nSPS) is 22.1.